The van der Waals surface area contributed by atoms with Crippen molar-refractivity contribution in [1.82, 2.24) is 0 Å². The molecule has 1 aromatic carbocycles. The highest BCUT2D eigenvalue weighted by Gasteiger charge is 2.14. The van der Waals surface area contributed by atoms with Crippen LogP contribution in [0.2, 0.25) is 0 Å². The van der Waals surface area contributed by atoms with Crippen LogP contribution in [-0.4, -0.2) is 4.92 Å². The van der Waals surface area contributed by atoms with E-state index < -0.39 is 4.92 Å². The molecule has 3 N–H and O–H groups in total. The van der Waals surface area contributed by atoms with Crippen molar-refractivity contribution in [2.75, 3.05) is 5.43 Å². The Morgan fingerprint density at radius 1 is 1.58 bits per heavy atom. The highest BCUT2D eigenvalue weighted by atomic mass is 127. The number of hydrazine groups is 1. The largest absolute Gasteiger partial charge is 0.317 e. The van der Waals surface area contributed by atoms with Gasteiger partial charge in [0.15, 0.2) is 0 Å². The van der Waals surface area contributed by atoms with Gasteiger partial charge in [0.2, 0.25) is 0 Å². The van der Waals surface area contributed by atoms with E-state index >= 15 is 0 Å². The molecule has 0 aliphatic rings. The summed E-state index contributed by atoms with van der Waals surface area (Å²) in [5.74, 6) is 5.13. The Hall–Kier alpha value is -0.890. The Bertz CT molecular complexity index is 316. The lowest BCUT2D eigenvalue weighted by Crippen LogP contribution is -2.10. The molecule has 0 aliphatic carbocycles. The van der Waals surface area contributed by atoms with E-state index in [0.717, 1.165) is 3.57 Å². The summed E-state index contributed by atoms with van der Waals surface area (Å²) in [5.41, 5.74) is 2.64. The third-order valence-electron chi connectivity index (χ3n) is 1.33. The van der Waals surface area contributed by atoms with Crippen LogP contribution in [0.3, 0.4) is 0 Å². The molecule has 0 radical (unpaired) electrons. The minimum absolute atomic E-state index is 0.00981. The Labute approximate surface area is 82.2 Å². The maximum Gasteiger partial charge on any atom is 0.294 e. The quantitative estimate of drug-likeness (QED) is 0.372. The van der Waals surface area contributed by atoms with Crippen LogP contribution in [0.25, 0.3) is 0 Å². The topological polar surface area (TPSA) is 81.2 Å². The fraction of sp³-hybridized carbons (Fsp3) is 0. The van der Waals surface area contributed by atoms with E-state index in [1.807, 2.05) is 22.6 Å². The summed E-state index contributed by atoms with van der Waals surface area (Å²) in [6.07, 6.45) is 0. The van der Waals surface area contributed by atoms with Crippen molar-refractivity contribution < 1.29 is 4.92 Å². The van der Waals surface area contributed by atoms with Crippen LogP contribution in [-0.2, 0) is 0 Å². The number of rotatable bonds is 2. The number of nitrogens with two attached hydrogens (primary N) is 1. The standard InChI is InChI=1S/C6H6IN3O2/c7-4-2-1-3-5(10(11)12)6(4)9-8/h1-3,9H,8H2. The predicted molar refractivity (Wildman–Crippen MR) is 53.6 cm³/mol. The molecule has 0 atom stereocenters. The Kier molecular flexibility index (Phi) is 2.82. The van der Waals surface area contributed by atoms with E-state index in [1.165, 1.54) is 6.07 Å². The number of nitrogen functional groups attached to an aromatic ring is 1. The molecule has 0 amide bonds. The van der Waals surface area contributed by atoms with Crippen LogP contribution in [0.4, 0.5) is 11.4 Å². The summed E-state index contributed by atoms with van der Waals surface area (Å²) in [7, 11) is 0. The number of nitro benzene ring substituents is 1. The summed E-state index contributed by atoms with van der Waals surface area (Å²) < 4.78 is 0.726. The summed E-state index contributed by atoms with van der Waals surface area (Å²) in [4.78, 5) is 9.96. The van der Waals surface area contributed by atoms with Crippen molar-refractivity contribution >= 4 is 34.0 Å². The molecule has 64 valence electrons. The molecule has 6 heteroatoms. The monoisotopic (exact) mass is 279 g/mol. The fourth-order valence-electron chi connectivity index (χ4n) is 0.808. The number of hydrogen-bond acceptors (Lipinski definition) is 4. The smallest absolute Gasteiger partial charge is 0.294 e. The maximum atomic E-state index is 10.4. The Morgan fingerprint density at radius 2 is 2.25 bits per heavy atom. The van der Waals surface area contributed by atoms with Crippen LogP contribution in [0, 0.1) is 13.7 Å². The minimum atomic E-state index is -0.475. The van der Waals surface area contributed by atoms with E-state index in [1.54, 1.807) is 12.1 Å². The number of nitrogens with one attached hydrogen (secondary N) is 1. The molecule has 0 spiro atoms. The van der Waals surface area contributed by atoms with E-state index in [-0.39, 0.29) is 5.69 Å². The number of anilines is 1. The van der Waals surface area contributed by atoms with E-state index in [9.17, 15) is 10.1 Å². The van der Waals surface area contributed by atoms with Gasteiger partial charge >= 0.3 is 0 Å². The number of benzene rings is 1. The van der Waals surface area contributed by atoms with Gasteiger partial charge in [-0.1, -0.05) is 6.07 Å². The molecule has 12 heavy (non-hydrogen) atoms. The van der Waals surface area contributed by atoms with Crippen molar-refractivity contribution in [3.63, 3.8) is 0 Å². The first-order chi connectivity index (χ1) is 5.66. The molecule has 0 unspecified atom stereocenters. The van der Waals surface area contributed by atoms with Gasteiger partial charge in [-0.15, -0.1) is 0 Å². The van der Waals surface area contributed by atoms with Gasteiger partial charge in [-0.3, -0.25) is 16.0 Å². The second-order valence-corrected chi connectivity index (χ2v) is 3.20. The molecule has 1 rings (SSSR count). The highest BCUT2D eigenvalue weighted by molar-refractivity contribution is 14.1. The minimum Gasteiger partial charge on any atom is -0.317 e. The first kappa shape index (κ1) is 9.20. The summed E-state index contributed by atoms with van der Waals surface area (Å²) >= 11 is 1.97. The average Bonchev–Trinajstić information content (AvgIpc) is 2.03. The normalized spacial score (nSPS) is 9.50. The molecule has 5 nitrogen and oxygen atoms in total. The lowest BCUT2D eigenvalue weighted by Gasteiger charge is -2.02. The average molecular weight is 279 g/mol. The molecular weight excluding hydrogens is 273 g/mol. The predicted octanol–water partition coefficient (Wildman–Crippen LogP) is 1.48. The Balaban J connectivity index is 3.27. The van der Waals surface area contributed by atoms with Crippen molar-refractivity contribution in [3.8, 4) is 0 Å². The molecular formula is C6H6IN3O2. The number of halogens is 1. The zero-order valence-electron chi connectivity index (χ0n) is 5.95. The molecule has 0 aliphatic heterocycles. The first-order valence-electron chi connectivity index (χ1n) is 3.06. The van der Waals surface area contributed by atoms with Crippen molar-refractivity contribution in [2.45, 2.75) is 0 Å². The van der Waals surface area contributed by atoms with Crippen LogP contribution >= 0.6 is 22.6 Å². The lowest BCUT2D eigenvalue weighted by molar-refractivity contribution is -0.384. The zero-order valence-corrected chi connectivity index (χ0v) is 8.11. The van der Waals surface area contributed by atoms with E-state index in [4.69, 9.17) is 5.84 Å². The number of nitro groups is 1. The van der Waals surface area contributed by atoms with E-state index in [0.29, 0.717) is 5.69 Å². The van der Waals surface area contributed by atoms with Gasteiger partial charge in [-0.05, 0) is 28.7 Å². The number of hydrogen-bond donors (Lipinski definition) is 2. The van der Waals surface area contributed by atoms with Gasteiger partial charge in [0.25, 0.3) is 5.69 Å². The molecule has 0 fully saturated rings. The van der Waals surface area contributed by atoms with Gasteiger partial charge in [0.1, 0.15) is 5.69 Å². The van der Waals surface area contributed by atoms with Crippen LogP contribution in [0.15, 0.2) is 18.2 Å². The number of nitrogens with zero attached hydrogens (tertiary/aromatic N) is 1. The Morgan fingerprint density at radius 3 is 2.67 bits per heavy atom. The molecule has 1 aromatic rings. The second kappa shape index (κ2) is 3.68. The highest BCUT2D eigenvalue weighted by Crippen LogP contribution is 2.27. The van der Waals surface area contributed by atoms with Crippen LogP contribution < -0.4 is 11.3 Å². The number of para-hydroxylation sites is 1. The van der Waals surface area contributed by atoms with Crippen molar-refractivity contribution in [1.29, 1.82) is 0 Å². The SMILES string of the molecule is NNc1c(I)cccc1[N+](=O)[O-]. The van der Waals surface area contributed by atoms with Gasteiger partial charge in [-0.25, -0.2) is 0 Å². The zero-order chi connectivity index (χ0) is 9.14. The van der Waals surface area contributed by atoms with Crippen LogP contribution in [0.5, 0.6) is 0 Å². The van der Waals surface area contributed by atoms with Gasteiger partial charge < -0.3 is 5.43 Å². The van der Waals surface area contributed by atoms with Gasteiger partial charge in [0, 0.05) is 9.64 Å². The molecule has 0 aromatic heterocycles. The first-order valence-corrected chi connectivity index (χ1v) is 4.14. The van der Waals surface area contributed by atoms with Crippen molar-refractivity contribution in [3.05, 3.63) is 31.9 Å². The van der Waals surface area contributed by atoms with Gasteiger partial charge in [0.05, 0.1) is 4.92 Å². The molecule has 0 bridgehead atoms. The second-order valence-electron chi connectivity index (χ2n) is 2.04. The maximum absolute atomic E-state index is 10.4. The van der Waals surface area contributed by atoms with Gasteiger partial charge in [-0.2, -0.15) is 0 Å². The fourth-order valence-corrected chi connectivity index (χ4v) is 1.45. The van der Waals surface area contributed by atoms with Crippen LogP contribution in [0.1, 0.15) is 0 Å². The summed E-state index contributed by atoms with van der Waals surface area (Å²) in [6.45, 7) is 0. The third-order valence-corrected chi connectivity index (χ3v) is 2.23. The van der Waals surface area contributed by atoms with E-state index in [2.05, 4.69) is 5.43 Å². The summed E-state index contributed by atoms with van der Waals surface area (Å²) in [6, 6.07) is 4.75. The molecule has 0 saturated carbocycles. The van der Waals surface area contributed by atoms with Crippen molar-refractivity contribution in [2.24, 2.45) is 5.84 Å². The molecule has 0 saturated heterocycles. The molecule has 0 heterocycles. The summed E-state index contributed by atoms with van der Waals surface area (Å²) in [5, 5.41) is 10.4. The lowest BCUT2D eigenvalue weighted by atomic mass is 10.3. The third kappa shape index (κ3) is 1.64.